The van der Waals surface area contributed by atoms with Gasteiger partial charge in [0.15, 0.2) is 5.78 Å². The van der Waals surface area contributed by atoms with Gasteiger partial charge >= 0.3 is 0 Å². The summed E-state index contributed by atoms with van der Waals surface area (Å²) >= 11 is 0. The van der Waals surface area contributed by atoms with E-state index in [1.807, 2.05) is 19.1 Å². The molecule has 0 N–H and O–H groups in total. The van der Waals surface area contributed by atoms with Crippen molar-refractivity contribution in [3.63, 3.8) is 0 Å². The number of benzene rings is 1. The number of hydrogen-bond acceptors (Lipinski definition) is 2. The lowest BCUT2D eigenvalue weighted by Gasteiger charge is -2.24. The number of pyridine rings is 1. The molecule has 0 saturated heterocycles. The van der Waals surface area contributed by atoms with Gasteiger partial charge in [-0.3, -0.25) is 4.79 Å². The summed E-state index contributed by atoms with van der Waals surface area (Å²) in [6, 6.07) is 7.26. The molecule has 0 saturated carbocycles. The number of nitrogens with zero attached hydrogens (tertiary/aromatic N) is 1. The Morgan fingerprint density at radius 1 is 1.24 bits per heavy atom. The highest BCUT2D eigenvalue weighted by atomic mass is 19.1. The van der Waals surface area contributed by atoms with Crippen molar-refractivity contribution in [2.75, 3.05) is 0 Å². The minimum atomic E-state index is -0.227. The van der Waals surface area contributed by atoms with Gasteiger partial charge < -0.3 is 0 Å². The molecular weight excluding hydrogens is 313 g/mol. The molecule has 1 aromatic heterocycles. The third kappa shape index (κ3) is 3.28. The third-order valence-corrected chi connectivity index (χ3v) is 4.79. The summed E-state index contributed by atoms with van der Waals surface area (Å²) < 4.78 is 14.0. The van der Waals surface area contributed by atoms with Crippen LogP contribution in [0.15, 0.2) is 29.8 Å². The molecule has 3 rings (SSSR count). The highest BCUT2D eigenvalue weighted by Crippen LogP contribution is 2.37. The number of carbonyl (C=O) groups is 1. The Hall–Kier alpha value is -2.29. The number of carbonyl (C=O) groups excluding carboxylic acids is 1. The van der Waals surface area contributed by atoms with Crippen molar-refractivity contribution in [2.24, 2.45) is 0 Å². The first-order valence-electron chi connectivity index (χ1n) is 8.75. The first-order chi connectivity index (χ1) is 11.7. The van der Waals surface area contributed by atoms with Crippen molar-refractivity contribution in [3.8, 4) is 11.3 Å². The summed E-state index contributed by atoms with van der Waals surface area (Å²) in [4.78, 5) is 16.9. The van der Waals surface area contributed by atoms with Gasteiger partial charge in [-0.05, 0) is 47.2 Å². The minimum absolute atomic E-state index is 0.0798. The fourth-order valence-electron chi connectivity index (χ4n) is 3.28. The van der Waals surface area contributed by atoms with E-state index in [9.17, 15) is 9.18 Å². The summed E-state index contributed by atoms with van der Waals surface area (Å²) in [6.07, 6.45) is 3.05. The van der Waals surface area contributed by atoms with Gasteiger partial charge in [0.25, 0.3) is 0 Å². The fourth-order valence-corrected chi connectivity index (χ4v) is 3.28. The van der Waals surface area contributed by atoms with Crippen molar-refractivity contribution in [2.45, 2.75) is 52.9 Å². The molecule has 1 aliphatic carbocycles. The van der Waals surface area contributed by atoms with Crippen molar-refractivity contribution in [3.05, 3.63) is 58.0 Å². The van der Waals surface area contributed by atoms with E-state index >= 15 is 0 Å². The highest BCUT2D eigenvalue weighted by molar-refractivity contribution is 6.01. The van der Waals surface area contributed by atoms with Gasteiger partial charge in [-0.2, -0.15) is 0 Å². The van der Waals surface area contributed by atoms with Crippen molar-refractivity contribution >= 4 is 11.9 Å². The number of aromatic nitrogens is 1. The van der Waals surface area contributed by atoms with E-state index in [2.05, 4.69) is 26.8 Å². The Morgan fingerprint density at radius 2 is 1.96 bits per heavy atom. The number of allylic oxidation sites excluding steroid dienone is 1. The number of aryl methyl sites for hydroxylation is 1. The lowest BCUT2D eigenvalue weighted by molar-refractivity contribution is -0.115. The summed E-state index contributed by atoms with van der Waals surface area (Å²) in [5, 5.41) is 0. The molecule has 2 nitrogen and oxygen atoms in total. The number of Topliss-reactive ketones (excluding diaryl/α,β-unsaturated/α-hetero) is 1. The number of ketones is 1. The van der Waals surface area contributed by atoms with Crippen molar-refractivity contribution in [1.82, 2.24) is 4.98 Å². The molecule has 0 aliphatic heterocycles. The van der Waals surface area contributed by atoms with Crippen LogP contribution in [0, 0.1) is 12.7 Å². The first kappa shape index (κ1) is 17.5. The molecule has 1 heterocycles. The van der Waals surface area contributed by atoms with Crippen molar-refractivity contribution in [1.29, 1.82) is 0 Å². The number of hydrogen-bond donors (Lipinski definition) is 0. The Labute approximate surface area is 148 Å². The molecule has 0 radical (unpaired) electrons. The monoisotopic (exact) mass is 337 g/mol. The molecule has 0 amide bonds. The van der Waals surface area contributed by atoms with Crippen LogP contribution in [0.3, 0.4) is 0 Å². The van der Waals surface area contributed by atoms with Crippen LogP contribution in [0.1, 0.15) is 56.5 Å². The quantitative estimate of drug-likeness (QED) is 0.749. The Kier molecular flexibility index (Phi) is 4.36. The molecule has 0 atom stereocenters. The molecule has 130 valence electrons. The maximum absolute atomic E-state index is 14.0. The molecule has 1 aliphatic rings. The molecule has 0 unspecified atom stereocenters. The van der Waals surface area contributed by atoms with E-state index in [0.29, 0.717) is 18.4 Å². The van der Waals surface area contributed by atoms with E-state index in [4.69, 9.17) is 4.98 Å². The van der Waals surface area contributed by atoms with Gasteiger partial charge in [-0.15, -0.1) is 0 Å². The second-order valence-corrected chi connectivity index (χ2v) is 7.76. The van der Waals surface area contributed by atoms with Gasteiger partial charge in [-0.1, -0.05) is 39.8 Å². The van der Waals surface area contributed by atoms with E-state index in [1.165, 1.54) is 11.6 Å². The van der Waals surface area contributed by atoms with Crippen LogP contribution in [0.2, 0.25) is 0 Å². The zero-order chi connectivity index (χ0) is 18.4. The SMILES string of the molecule is CCC(=O)C1=Cc2nc(-c3ccc(C)c(F)c3)cc(C(C)(C)C)c2C1. The molecular formula is C22H24FNO. The van der Waals surface area contributed by atoms with Gasteiger partial charge in [0.1, 0.15) is 5.82 Å². The summed E-state index contributed by atoms with van der Waals surface area (Å²) in [7, 11) is 0. The highest BCUT2D eigenvalue weighted by Gasteiger charge is 2.27. The summed E-state index contributed by atoms with van der Waals surface area (Å²) in [5.41, 5.74) is 6.02. The van der Waals surface area contributed by atoms with E-state index in [1.54, 1.807) is 13.0 Å². The second kappa shape index (κ2) is 6.21. The maximum atomic E-state index is 14.0. The smallest absolute Gasteiger partial charge is 0.159 e. The predicted octanol–water partition coefficient (Wildman–Crippen LogP) is 5.41. The molecule has 0 bridgehead atoms. The fraction of sp³-hybridized carbons (Fsp3) is 0.364. The van der Waals surface area contributed by atoms with E-state index in [0.717, 1.165) is 28.1 Å². The predicted molar refractivity (Wildman–Crippen MR) is 100 cm³/mol. The molecule has 3 heteroatoms. The van der Waals surface area contributed by atoms with E-state index in [-0.39, 0.29) is 17.0 Å². The van der Waals surface area contributed by atoms with Crippen LogP contribution in [-0.4, -0.2) is 10.8 Å². The summed E-state index contributed by atoms with van der Waals surface area (Å²) in [6.45, 7) is 10.1. The standard InChI is InChI=1S/C22H24FNO/c1-6-21(25)15-9-16-17(22(3,4)5)12-19(24-20(16)11-15)14-8-7-13(2)18(23)10-14/h7-8,10-12H,6,9H2,1-5H3. The van der Waals surface area contributed by atoms with E-state index < -0.39 is 0 Å². The number of halogens is 1. The third-order valence-electron chi connectivity index (χ3n) is 4.79. The van der Waals surface area contributed by atoms with Crippen LogP contribution in [-0.2, 0) is 16.6 Å². The molecule has 1 aromatic carbocycles. The summed E-state index contributed by atoms with van der Waals surface area (Å²) in [5.74, 6) is -0.0599. The van der Waals surface area contributed by atoms with Crippen LogP contribution in [0.25, 0.3) is 17.3 Å². The topological polar surface area (TPSA) is 30.0 Å². The van der Waals surface area contributed by atoms with Crippen LogP contribution < -0.4 is 0 Å². The molecule has 0 fully saturated rings. The Balaban J connectivity index is 2.17. The minimum Gasteiger partial charge on any atom is -0.295 e. The van der Waals surface area contributed by atoms with Crippen LogP contribution in [0.5, 0.6) is 0 Å². The Morgan fingerprint density at radius 3 is 2.56 bits per heavy atom. The average Bonchev–Trinajstić information content (AvgIpc) is 2.98. The molecule has 2 aromatic rings. The normalized spacial score (nSPS) is 13.6. The van der Waals surface area contributed by atoms with Gasteiger partial charge in [0, 0.05) is 24.0 Å². The van der Waals surface area contributed by atoms with Gasteiger partial charge in [0.05, 0.1) is 11.4 Å². The van der Waals surface area contributed by atoms with Crippen molar-refractivity contribution < 1.29 is 9.18 Å². The van der Waals surface area contributed by atoms with Crippen LogP contribution >= 0.6 is 0 Å². The lowest BCUT2D eigenvalue weighted by atomic mass is 9.82. The lowest BCUT2D eigenvalue weighted by Crippen LogP contribution is -2.16. The number of rotatable bonds is 3. The van der Waals surface area contributed by atoms with Gasteiger partial charge in [0.2, 0.25) is 0 Å². The molecule has 25 heavy (non-hydrogen) atoms. The average molecular weight is 337 g/mol. The molecule has 0 spiro atoms. The maximum Gasteiger partial charge on any atom is 0.159 e. The van der Waals surface area contributed by atoms with Gasteiger partial charge in [-0.25, -0.2) is 9.37 Å². The van der Waals surface area contributed by atoms with Crippen LogP contribution in [0.4, 0.5) is 4.39 Å². The largest absolute Gasteiger partial charge is 0.295 e. The number of fused-ring (bicyclic) bond motifs is 1. The zero-order valence-electron chi connectivity index (χ0n) is 15.5. The Bertz CT molecular complexity index is 888. The first-order valence-corrected chi connectivity index (χ1v) is 8.75. The second-order valence-electron chi connectivity index (χ2n) is 7.76. The zero-order valence-corrected chi connectivity index (χ0v) is 15.5.